The van der Waals surface area contributed by atoms with E-state index < -0.39 is 26.6 Å². The Morgan fingerprint density at radius 2 is 1.82 bits per heavy atom. The number of hydroxylamine groups is 1. The SMILES string of the molecule is CC(O)c1ccc(-c2ccn(CC[C@](C)(C(=O)NO)S(C)(=O)=O)c(=O)c2)cc1. The van der Waals surface area contributed by atoms with E-state index in [1.807, 2.05) is 0 Å². The summed E-state index contributed by atoms with van der Waals surface area (Å²) in [5.41, 5.74) is 3.27. The molecule has 0 saturated heterocycles. The molecule has 1 amide bonds. The topological polar surface area (TPSA) is 126 Å². The minimum absolute atomic E-state index is 0.0168. The van der Waals surface area contributed by atoms with Crippen molar-refractivity contribution in [2.24, 2.45) is 0 Å². The molecule has 3 N–H and O–H groups in total. The molecule has 0 aliphatic rings. The van der Waals surface area contributed by atoms with Crippen LogP contribution in [-0.4, -0.2) is 40.2 Å². The number of hydrogen-bond acceptors (Lipinski definition) is 6. The summed E-state index contributed by atoms with van der Waals surface area (Å²) < 4.78 is 23.4. The first-order valence-electron chi connectivity index (χ1n) is 8.62. The highest BCUT2D eigenvalue weighted by atomic mass is 32.2. The summed E-state index contributed by atoms with van der Waals surface area (Å²) in [4.78, 5) is 24.3. The molecule has 1 aromatic carbocycles. The van der Waals surface area contributed by atoms with Crippen LogP contribution in [-0.2, 0) is 21.2 Å². The van der Waals surface area contributed by atoms with Crippen LogP contribution >= 0.6 is 0 Å². The summed E-state index contributed by atoms with van der Waals surface area (Å²) >= 11 is 0. The molecule has 0 aliphatic heterocycles. The first kappa shape index (κ1) is 21.8. The van der Waals surface area contributed by atoms with Crippen LogP contribution in [0.25, 0.3) is 11.1 Å². The van der Waals surface area contributed by atoms with E-state index in [0.717, 1.165) is 17.4 Å². The Bertz CT molecular complexity index is 1010. The van der Waals surface area contributed by atoms with Crippen molar-refractivity contribution in [1.29, 1.82) is 0 Å². The van der Waals surface area contributed by atoms with Crippen LogP contribution in [0.4, 0.5) is 0 Å². The molecule has 0 radical (unpaired) electrons. The van der Waals surface area contributed by atoms with Crippen LogP contribution in [0.1, 0.15) is 31.9 Å². The van der Waals surface area contributed by atoms with Crippen molar-refractivity contribution in [2.75, 3.05) is 6.26 Å². The van der Waals surface area contributed by atoms with Gasteiger partial charge in [0, 0.05) is 25.1 Å². The zero-order valence-corrected chi connectivity index (χ0v) is 16.7. The Labute approximate surface area is 163 Å². The Kier molecular flexibility index (Phi) is 6.43. The molecule has 2 rings (SSSR count). The fourth-order valence-corrected chi connectivity index (χ4v) is 3.59. The lowest BCUT2D eigenvalue weighted by atomic mass is 10.0. The Hall–Kier alpha value is -2.49. The van der Waals surface area contributed by atoms with Crippen LogP contribution in [0.15, 0.2) is 47.4 Å². The van der Waals surface area contributed by atoms with E-state index in [-0.39, 0.29) is 18.5 Å². The Balaban J connectivity index is 2.25. The summed E-state index contributed by atoms with van der Waals surface area (Å²) in [5, 5.41) is 18.4. The van der Waals surface area contributed by atoms with Gasteiger partial charge in [0.15, 0.2) is 14.6 Å². The third-order valence-electron chi connectivity index (χ3n) is 4.95. The van der Waals surface area contributed by atoms with Crippen molar-refractivity contribution in [3.05, 3.63) is 58.5 Å². The molecule has 152 valence electrons. The largest absolute Gasteiger partial charge is 0.389 e. The number of carbonyl (C=O) groups excluding carboxylic acids is 1. The van der Waals surface area contributed by atoms with Crippen molar-refractivity contribution in [1.82, 2.24) is 10.0 Å². The minimum atomic E-state index is -3.83. The second kappa shape index (κ2) is 8.26. The number of sulfone groups is 1. The lowest BCUT2D eigenvalue weighted by molar-refractivity contribution is -0.131. The van der Waals surface area contributed by atoms with Gasteiger partial charge in [0.2, 0.25) is 0 Å². The molecule has 1 heterocycles. The third kappa shape index (κ3) is 4.49. The highest BCUT2D eigenvalue weighted by molar-refractivity contribution is 7.92. The van der Waals surface area contributed by atoms with Gasteiger partial charge in [-0.3, -0.25) is 14.8 Å². The summed E-state index contributed by atoms with van der Waals surface area (Å²) in [5.74, 6) is -1.04. The van der Waals surface area contributed by atoms with Crippen molar-refractivity contribution < 1.29 is 23.5 Å². The van der Waals surface area contributed by atoms with Crippen LogP contribution < -0.4 is 11.0 Å². The molecule has 0 saturated carbocycles. The van der Waals surface area contributed by atoms with Gasteiger partial charge in [-0.1, -0.05) is 24.3 Å². The monoisotopic (exact) mass is 408 g/mol. The third-order valence-corrected chi connectivity index (χ3v) is 6.98. The van der Waals surface area contributed by atoms with Crippen molar-refractivity contribution in [2.45, 2.75) is 37.7 Å². The van der Waals surface area contributed by atoms with Gasteiger partial charge in [-0.05, 0) is 43.0 Å². The van der Waals surface area contributed by atoms with Crippen molar-refractivity contribution in [3.8, 4) is 11.1 Å². The smallest absolute Gasteiger partial charge is 0.264 e. The van der Waals surface area contributed by atoms with E-state index in [2.05, 4.69) is 0 Å². The summed E-state index contributed by atoms with van der Waals surface area (Å²) in [6.07, 6.45) is 1.67. The summed E-state index contributed by atoms with van der Waals surface area (Å²) in [7, 11) is -3.83. The molecule has 9 heteroatoms. The van der Waals surface area contributed by atoms with Crippen LogP contribution in [0.2, 0.25) is 0 Å². The highest BCUT2D eigenvalue weighted by Gasteiger charge is 2.43. The Morgan fingerprint density at radius 3 is 2.29 bits per heavy atom. The van der Waals surface area contributed by atoms with Crippen LogP contribution in [0, 0.1) is 0 Å². The first-order valence-corrected chi connectivity index (χ1v) is 10.5. The quantitative estimate of drug-likeness (QED) is 0.468. The van der Waals surface area contributed by atoms with E-state index in [9.17, 15) is 23.1 Å². The van der Waals surface area contributed by atoms with Crippen LogP contribution in [0.3, 0.4) is 0 Å². The first-order chi connectivity index (χ1) is 13.0. The van der Waals surface area contributed by atoms with Gasteiger partial charge < -0.3 is 9.67 Å². The number of carbonyl (C=O) groups is 1. The minimum Gasteiger partial charge on any atom is -0.389 e. The second-order valence-corrected chi connectivity index (χ2v) is 9.38. The van der Waals surface area contributed by atoms with Crippen molar-refractivity contribution in [3.63, 3.8) is 0 Å². The number of nitrogens with one attached hydrogen (secondary N) is 1. The number of aryl methyl sites for hydroxylation is 1. The maximum Gasteiger partial charge on any atom is 0.264 e. The molecule has 0 aliphatic carbocycles. The van der Waals surface area contributed by atoms with E-state index in [0.29, 0.717) is 5.56 Å². The number of hydrogen-bond donors (Lipinski definition) is 3. The molecule has 2 aromatic rings. The summed E-state index contributed by atoms with van der Waals surface area (Å²) in [6, 6.07) is 10.3. The maximum atomic E-state index is 12.4. The molecular weight excluding hydrogens is 384 g/mol. The molecule has 0 spiro atoms. The number of amides is 1. The number of nitrogens with zero attached hydrogens (tertiary/aromatic N) is 1. The Morgan fingerprint density at radius 1 is 1.21 bits per heavy atom. The normalized spacial score (nSPS) is 14.9. The fourth-order valence-electron chi connectivity index (χ4n) is 2.75. The average Bonchev–Trinajstić information content (AvgIpc) is 2.65. The molecule has 0 fully saturated rings. The van der Waals surface area contributed by atoms with Gasteiger partial charge in [-0.2, -0.15) is 0 Å². The molecule has 8 nitrogen and oxygen atoms in total. The lowest BCUT2D eigenvalue weighted by Gasteiger charge is -2.25. The number of aliphatic hydroxyl groups is 1. The molecular formula is C19H24N2O6S. The molecule has 1 aromatic heterocycles. The predicted octanol–water partition coefficient (Wildman–Crippen LogP) is 1.27. The predicted molar refractivity (Wildman–Crippen MR) is 105 cm³/mol. The van der Waals surface area contributed by atoms with E-state index in [1.165, 1.54) is 29.2 Å². The van der Waals surface area contributed by atoms with Gasteiger partial charge in [-0.25, -0.2) is 13.9 Å². The molecule has 1 unspecified atom stereocenters. The molecule has 28 heavy (non-hydrogen) atoms. The van der Waals surface area contributed by atoms with Gasteiger partial charge in [0.1, 0.15) is 0 Å². The zero-order chi connectivity index (χ0) is 21.1. The standard InChI is InChI=1S/C19H24N2O6S/c1-13(22)14-4-6-15(7-5-14)16-8-10-21(17(23)12-16)11-9-19(2,18(24)20-25)28(3,26)27/h4-8,10,12-13,22,25H,9,11H2,1-3H3,(H,20,24)/t13?,19-/m1/s1. The molecule has 0 bridgehead atoms. The van der Waals surface area contributed by atoms with Gasteiger partial charge >= 0.3 is 0 Å². The number of pyridine rings is 1. The van der Waals surface area contributed by atoms with Gasteiger partial charge in [0.05, 0.1) is 6.10 Å². The maximum absolute atomic E-state index is 12.4. The number of rotatable bonds is 7. The number of aliphatic hydroxyl groups excluding tert-OH is 1. The zero-order valence-electron chi connectivity index (χ0n) is 15.9. The van der Waals surface area contributed by atoms with Crippen molar-refractivity contribution >= 4 is 15.7 Å². The summed E-state index contributed by atoms with van der Waals surface area (Å²) in [6.45, 7) is 2.85. The van der Waals surface area contributed by atoms with E-state index in [1.54, 1.807) is 37.3 Å². The highest BCUT2D eigenvalue weighted by Crippen LogP contribution is 2.23. The lowest BCUT2D eigenvalue weighted by Crippen LogP contribution is -2.49. The fraction of sp³-hybridized carbons (Fsp3) is 0.368. The number of benzene rings is 1. The van der Waals surface area contributed by atoms with E-state index in [4.69, 9.17) is 5.21 Å². The van der Waals surface area contributed by atoms with E-state index >= 15 is 0 Å². The number of aromatic nitrogens is 1. The van der Waals surface area contributed by atoms with Gasteiger partial charge in [0.25, 0.3) is 11.5 Å². The van der Waals surface area contributed by atoms with Crippen LogP contribution in [0.5, 0.6) is 0 Å². The average molecular weight is 408 g/mol. The van der Waals surface area contributed by atoms with Gasteiger partial charge in [-0.15, -0.1) is 0 Å². The molecule has 2 atom stereocenters. The second-order valence-electron chi connectivity index (χ2n) is 6.94.